The smallest absolute Gasteiger partial charge is 0.330 e. The zero-order chi connectivity index (χ0) is 11.9. The number of alkyl halides is 4. The molecule has 0 aliphatic carbocycles. The Morgan fingerprint density at radius 1 is 1.29 bits per heavy atom. The molecule has 0 saturated carbocycles. The van der Waals surface area contributed by atoms with Crippen LogP contribution in [0, 0.1) is 0 Å². The van der Waals surface area contributed by atoms with Gasteiger partial charge >= 0.3 is 5.97 Å². The van der Waals surface area contributed by atoms with Crippen LogP contribution in [0.3, 0.4) is 0 Å². The van der Waals surface area contributed by atoms with Crippen molar-refractivity contribution in [3.8, 4) is 0 Å². The van der Waals surface area contributed by atoms with Crippen molar-refractivity contribution >= 4 is 5.97 Å². The lowest BCUT2D eigenvalue weighted by Crippen LogP contribution is -2.24. The zero-order valence-electron chi connectivity index (χ0n) is 7.25. The number of halogens is 4. The number of aliphatic carboxylic acids is 1. The minimum atomic E-state index is -3.45. The summed E-state index contributed by atoms with van der Waals surface area (Å²) in [4.78, 5) is 9.60. The molecule has 0 bridgehead atoms. The van der Waals surface area contributed by atoms with Gasteiger partial charge in [0.05, 0.1) is 0 Å². The summed E-state index contributed by atoms with van der Waals surface area (Å²) in [6.45, 7) is 4.60. The van der Waals surface area contributed by atoms with Gasteiger partial charge < -0.3 is 10.2 Å². The molecule has 0 heterocycles. The fourth-order valence-corrected chi connectivity index (χ4v) is 0.120. The van der Waals surface area contributed by atoms with E-state index in [4.69, 9.17) is 10.2 Å². The highest BCUT2D eigenvalue weighted by atomic mass is 19.3. The molecule has 7 heteroatoms. The van der Waals surface area contributed by atoms with Crippen LogP contribution in [0.5, 0.6) is 0 Å². The quantitative estimate of drug-likeness (QED) is 0.557. The van der Waals surface area contributed by atoms with Crippen molar-refractivity contribution in [2.75, 3.05) is 0 Å². The number of carbonyl (C=O) groups is 1. The number of aliphatic hydroxyl groups excluding tert-OH is 1. The first kappa shape index (κ1) is 15.4. The minimum Gasteiger partial charge on any atom is -0.478 e. The SMILES string of the molecule is C=C(C)C(=O)O.OC(F)C(F)C(F)F. The molecular formula is C7H10F4O3. The van der Waals surface area contributed by atoms with Crippen LogP contribution < -0.4 is 0 Å². The van der Waals surface area contributed by atoms with Crippen molar-refractivity contribution in [3.05, 3.63) is 12.2 Å². The monoisotopic (exact) mass is 218 g/mol. The van der Waals surface area contributed by atoms with Crippen LogP contribution in [0.25, 0.3) is 0 Å². The molecule has 0 radical (unpaired) electrons. The Balaban J connectivity index is 0. The number of rotatable bonds is 3. The molecule has 0 aromatic carbocycles. The van der Waals surface area contributed by atoms with Gasteiger partial charge in [0.2, 0.25) is 12.5 Å². The molecular weight excluding hydrogens is 208 g/mol. The maximum Gasteiger partial charge on any atom is 0.330 e. The lowest BCUT2D eigenvalue weighted by molar-refractivity contribution is -0.132. The van der Waals surface area contributed by atoms with E-state index >= 15 is 0 Å². The van der Waals surface area contributed by atoms with E-state index in [2.05, 4.69) is 6.58 Å². The van der Waals surface area contributed by atoms with Crippen molar-refractivity contribution in [2.24, 2.45) is 0 Å². The van der Waals surface area contributed by atoms with E-state index in [-0.39, 0.29) is 5.57 Å². The summed E-state index contributed by atoms with van der Waals surface area (Å²) in [5.74, 6) is -0.935. The van der Waals surface area contributed by atoms with Crippen molar-refractivity contribution in [1.82, 2.24) is 0 Å². The Morgan fingerprint density at radius 2 is 1.57 bits per heavy atom. The van der Waals surface area contributed by atoms with Gasteiger partial charge in [-0.1, -0.05) is 6.58 Å². The van der Waals surface area contributed by atoms with Crippen molar-refractivity contribution in [2.45, 2.75) is 25.9 Å². The largest absolute Gasteiger partial charge is 0.478 e. The van der Waals surface area contributed by atoms with Crippen LogP contribution in [0.1, 0.15) is 6.92 Å². The summed E-state index contributed by atoms with van der Waals surface area (Å²) in [6, 6.07) is 0. The molecule has 0 fully saturated rings. The summed E-state index contributed by atoms with van der Waals surface area (Å²) in [6.07, 6.45) is -9.60. The topological polar surface area (TPSA) is 57.5 Å². The third kappa shape index (κ3) is 8.98. The lowest BCUT2D eigenvalue weighted by Gasteiger charge is -2.04. The molecule has 0 rings (SSSR count). The molecule has 14 heavy (non-hydrogen) atoms. The van der Waals surface area contributed by atoms with Crippen LogP contribution in [0.2, 0.25) is 0 Å². The van der Waals surface area contributed by atoms with Gasteiger partial charge in [0.15, 0.2) is 0 Å². The van der Waals surface area contributed by atoms with Crippen molar-refractivity contribution < 1.29 is 32.6 Å². The van der Waals surface area contributed by atoms with Gasteiger partial charge in [-0.2, -0.15) is 0 Å². The molecule has 2 atom stereocenters. The molecule has 0 aromatic heterocycles. The molecule has 2 unspecified atom stereocenters. The van der Waals surface area contributed by atoms with E-state index in [0.29, 0.717) is 0 Å². The van der Waals surface area contributed by atoms with E-state index in [0.717, 1.165) is 0 Å². The maximum atomic E-state index is 11.3. The van der Waals surface area contributed by atoms with E-state index in [1.54, 1.807) is 0 Å². The number of hydrogen-bond donors (Lipinski definition) is 2. The van der Waals surface area contributed by atoms with E-state index < -0.39 is 24.9 Å². The highest BCUT2D eigenvalue weighted by molar-refractivity contribution is 5.84. The Morgan fingerprint density at radius 3 is 1.57 bits per heavy atom. The van der Waals surface area contributed by atoms with Crippen molar-refractivity contribution in [3.63, 3.8) is 0 Å². The second kappa shape index (κ2) is 7.31. The lowest BCUT2D eigenvalue weighted by atomic mass is 10.4. The summed E-state index contributed by atoms with van der Waals surface area (Å²) < 4.78 is 44.1. The Labute approximate surface area is 77.7 Å². The second-order valence-electron chi connectivity index (χ2n) is 2.24. The Hall–Kier alpha value is -1.11. The summed E-state index contributed by atoms with van der Waals surface area (Å²) in [7, 11) is 0. The summed E-state index contributed by atoms with van der Waals surface area (Å²) in [5.41, 5.74) is 0.176. The molecule has 84 valence electrons. The van der Waals surface area contributed by atoms with Gasteiger partial charge in [-0.25, -0.2) is 22.4 Å². The number of carboxylic acid groups (broad SMARTS) is 1. The zero-order valence-corrected chi connectivity index (χ0v) is 7.25. The van der Waals surface area contributed by atoms with Gasteiger partial charge in [-0.3, -0.25) is 0 Å². The first-order valence-corrected chi connectivity index (χ1v) is 3.33. The first-order valence-electron chi connectivity index (χ1n) is 3.33. The van der Waals surface area contributed by atoms with Gasteiger partial charge in [0.1, 0.15) is 0 Å². The third-order valence-corrected chi connectivity index (χ3v) is 0.869. The van der Waals surface area contributed by atoms with Crippen LogP contribution in [0.15, 0.2) is 12.2 Å². The standard InChI is InChI=1S/C4H6O2.C3H4F4O/c1-3(2)4(5)6;4-1(2(5)6)3(7)8/h1H2,2H3,(H,5,6);1-3,8H. The fourth-order valence-electron chi connectivity index (χ4n) is 0.120. The average molecular weight is 218 g/mol. The van der Waals surface area contributed by atoms with E-state index in [1.807, 2.05) is 0 Å². The van der Waals surface area contributed by atoms with Gasteiger partial charge in [0, 0.05) is 5.57 Å². The van der Waals surface area contributed by atoms with Gasteiger partial charge in [-0.15, -0.1) is 0 Å². The summed E-state index contributed by atoms with van der Waals surface area (Å²) >= 11 is 0. The molecule has 0 spiro atoms. The molecule has 0 aliphatic heterocycles. The Bertz CT molecular complexity index is 173. The maximum absolute atomic E-state index is 11.3. The van der Waals surface area contributed by atoms with Gasteiger partial charge in [0.25, 0.3) is 6.43 Å². The molecule has 0 saturated heterocycles. The van der Waals surface area contributed by atoms with E-state index in [9.17, 15) is 22.4 Å². The molecule has 0 aliphatic rings. The third-order valence-electron chi connectivity index (χ3n) is 0.869. The number of carboxylic acids is 1. The predicted octanol–water partition coefficient (Wildman–Crippen LogP) is 1.52. The average Bonchev–Trinajstić information content (AvgIpc) is 2.03. The molecule has 2 N–H and O–H groups in total. The predicted molar refractivity (Wildman–Crippen MR) is 40.5 cm³/mol. The van der Waals surface area contributed by atoms with Gasteiger partial charge in [-0.05, 0) is 6.92 Å². The minimum absolute atomic E-state index is 0.176. The fraction of sp³-hybridized carbons (Fsp3) is 0.571. The molecule has 0 amide bonds. The number of aliphatic hydroxyl groups is 1. The second-order valence-corrected chi connectivity index (χ2v) is 2.24. The molecule has 0 aromatic rings. The van der Waals surface area contributed by atoms with Crippen molar-refractivity contribution in [1.29, 1.82) is 0 Å². The first-order chi connectivity index (χ1) is 6.20. The summed E-state index contributed by atoms with van der Waals surface area (Å²) in [5, 5.41) is 15.4. The van der Waals surface area contributed by atoms with Crippen LogP contribution in [0.4, 0.5) is 17.6 Å². The Kier molecular flexibility index (Phi) is 8.02. The normalized spacial score (nSPS) is 13.9. The van der Waals surface area contributed by atoms with E-state index in [1.165, 1.54) is 6.92 Å². The van der Waals surface area contributed by atoms with Crippen LogP contribution in [-0.4, -0.2) is 35.1 Å². The van der Waals surface area contributed by atoms with Crippen LogP contribution >= 0.6 is 0 Å². The van der Waals surface area contributed by atoms with Crippen LogP contribution in [-0.2, 0) is 4.79 Å². The highest BCUT2D eigenvalue weighted by Crippen LogP contribution is 2.09. The molecule has 3 nitrogen and oxygen atoms in total. The number of hydrogen-bond acceptors (Lipinski definition) is 2. The highest BCUT2D eigenvalue weighted by Gasteiger charge is 2.27.